The van der Waals surface area contributed by atoms with Crippen molar-refractivity contribution in [1.29, 1.82) is 0 Å². The molecule has 0 fully saturated rings. The molecule has 0 radical (unpaired) electrons. The van der Waals surface area contributed by atoms with Crippen LogP contribution >= 0.6 is 11.6 Å². The van der Waals surface area contributed by atoms with E-state index in [1.807, 2.05) is 0 Å². The van der Waals surface area contributed by atoms with Gasteiger partial charge < -0.3 is 19.6 Å². The number of carbonyl (C=O) groups is 3. The van der Waals surface area contributed by atoms with Gasteiger partial charge in [-0.1, -0.05) is 0 Å². The first-order valence-electron chi connectivity index (χ1n) is 5.29. The van der Waals surface area contributed by atoms with Crippen molar-refractivity contribution in [3.05, 3.63) is 23.1 Å². The molecule has 1 aromatic rings. The summed E-state index contributed by atoms with van der Waals surface area (Å²) in [4.78, 5) is 33.6. The fourth-order valence-electron chi connectivity index (χ4n) is 1.31. The molecule has 2 N–H and O–H groups in total. The number of hydrogen-bond donors (Lipinski definition) is 2. The van der Waals surface area contributed by atoms with Crippen molar-refractivity contribution >= 4 is 29.4 Å². The maximum atomic E-state index is 11.7. The molecule has 104 valence electrons. The van der Waals surface area contributed by atoms with Gasteiger partial charge in [0.25, 0.3) is 5.91 Å². The summed E-state index contributed by atoms with van der Waals surface area (Å²) < 4.78 is 9.12. The number of ether oxygens (including phenoxy) is 1. The summed E-state index contributed by atoms with van der Waals surface area (Å²) in [6.45, 7) is 0. The summed E-state index contributed by atoms with van der Waals surface area (Å²) in [5.41, 5.74) is 0.0333. The molecule has 1 heterocycles. The van der Waals surface area contributed by atoms with Crippen LogP contribution in [0.1, 0.15) is 23.2 Å². The SMILES string of the molecule is COC(=O)CC[C@H](NC(=O)c1ccoc1Cl)C(=O)O. The van der Waals surface area contributed by atoms with Crippen LogP contribution in [0.3, 0.4) is 0 Å². The quantitative estimate of drug-likeness (QED) is 0.759. The van der Waals surface area contributed by atoms with E-state index in [0.29, 0.717) is 0 Å². The van der Waals surface area contributed by atoms with Crippen LogP contribution in [0.5, 0.6) is 0 Å². The number of furan rings is 1. The number of carbonyl (C=O) groups excluding carboxylic acids is 2. The summed E-state index contributed by atoms with van der Waals surface area (Å²) in [7, 11) is 1.20. The second-order valence-corrected chi connectivity index (χ2v) is 3.93. The fourth-order valence-corrected chi connectivity index (χ4v) is 1.51. The molecule has 19 heavy (non-hydrogen) atoms. The van der Waals surface area contributed by atoms with Crippen LogP contribution < -0.4 is 5.32 Å². The summed E-state index contributed by atoms with van der Waals surface area (Å²) in [5.74, 6) is -2.49. The molecule has 0 unspecified atom stereocenters. The number of nitrogens with one attached hydrogen (secondary N) is 1. The van der Waals surface area contributed by atoms with Crippen LogP contribution in [0.4, 0.5) is 0 Å². The smallest absolute Gasteiger partial charge is 0.326 e. The first kappa shape index (κ1) is 15.0. The minimum Gasteiger partial charge on any atom is -0.480 e. The number of rotatable bonds is 6. The van der Waals surface area contributed by atoms with E-state index >= 15 is 0 Å². The first-order chi connectivity index (χ1) is 8.95. The third kappa shape index (κ3) is 4.29. The lowest BCUT2D eigenvalue weighted by Gasteiger charge is -2.13. The van der Waals surface area contributed by atoms with Crippen molar-refractivity contribution in [2.75, 3.05) is 7.11 Å². The van der Waals surface area contributed by atoms with E-state index in [1.165, 1.54) is 19.4 Å². The maximum Gasteiger partial charge on any atom is 0.326 e. The number of carboxylic acid groups (broad SMARTS) is 1. The van der Waals surface area contributed by atoms with E-state index in [1.54, 1.807) is 0 Å². The summed E-state index contributed by atoms with van der Waals surface area (Å²) >= 11 is 5.60. The van der Waals surface area contributed by atoms with Crippen molar-refractivity contribution in [2.45, 2.75) is 18.9 Å². The first-order valence-corrected chi connectivity index (χ1v) is 5.67. The number of hydrogen-bond acceptors (Lipinski definition) is 5. The highest BCUT2D eigenvalue weighted by atomic mass is 35.5. The Bertz CT molecular complexity index is 483. The van der Waals surface area contributed by atoms with Gasteiger partial charge >= 0.3 is 11.9 Å². The molecule has 0 spiro atoms. The maximum absolute atomic E-state index is 11.7. The average molecular weight is 290 g/mol. The molecule has 7 nitrogen and oxygen atoms in total. The van der Waals surface area contributed by atoms with E-state index in [-0.39, 0.29) is 23.6 Å². The van der Waals surface area contributed by atoms with Crippen molar-refractivity contribution in [2.24, 2.45) is 0 Å². The number of amides is 1. The third-order valence-corrected chi connectivity index (χ3v) is 2.62. The lowest BCUT2D eigenvalue weighted by Crippen LogP contribution is -2.41. The van der Waals surface area contributed by atoms with Gasteiger partial charge in [0.05, 0.1) is 18.9 Å². The van der Waals surface area contributed by atoms with Gasteiger partial charge in [-0.25, -0.2) is 4.79 Å². The Kier molecular flexibility index (Phi) is 5.37. The zero-order chi connectivity index (χ0) is 14.4. The van der Waals surface area contributed by atoms with Gasteiger partial charge in [-0.2, -0.15) is 0 Å². The van der Waals surface area contributed by atoms with Crippen molar-refractivity contribution in [3.8, 4) is 0 Å². The van der Waals surface area contributed by atoms with Crippen LogP contribution in [0.15, 0.2) is 16.7 Å². The molecule has 1 rings (SSSR count). The molecule has 0 aliphatic heterocycles. The van der Waals surface area contributed by atoms with Gasteiger partial charge in [-0.05, 0) is 24.1 Å². The van der Waals surface area contributed by atoms with E-state index in [9.17, 15) is 14.4 Å². The molecule has 1 atom stereocenters. The number of halogens is 1. The third-order valence-electron chi connectivity index (χ3n) is 2.33. The minimum absolute atomic E-state index is 0.0333. The molecule has 0 saturated carbocycles. The highest BCUT2D eigenvalue weighted by Gasteiger charge is 2.23. The lowest BCUT2D eigenvalue weighted by atomic mass is 10.1. The van der Waals surface area contributed by atoms with Gasteiger partial charge in [0.1, 0.15) is 6.04 Å². The predicted octanol–water partition coefficient (Wildman–Crippen LogP) is 1.07. The minimum atomic E-state index is -1.25. The number of esters is 1. The van der Waals surface area contributed by atoms with Crippen LogP contribution in [0, 0.1) is 0 Å². The van der Waals surface area contributed by atoms with Gasteiger partial charge in [0, 0.05) is 6.42 Å². The Morgan fingerprint density at radius 1 is 1.53 bits per heavy atom. The van der Waals surface area contributed by atoms with E-state index in [2.05, 4.69) is 10.1 Å². The molecular formula is C11H12ClNO6. The summed E-state index contributed by atoms with van der Waals surface area (Å²) in [6.07, 6.45) is 1.01. The summed E-state index contributed by atoms with van der Waals surface area (Å²) in [5, 5.41) is 11.1. The second-order valence-electron chi connectivity index (χ2n) is 3.59. The van der Waals surface area contributed by atoms with E-state index in [0.717, 1.165) is 0 Å². The molecule has 0 aromatic carbocycles. The zero-order valence-corrected chi connectivity index (χ0v) is 10.8. The van der Waals surface area contributed by atoms with E-state index < -0.39 is 23.9 Å². The largest absolute Gasteiger partial charge is 0.480 e. The molecule has 0 saturated heterocycles. The highest BCUT2D eigenvalue weighted by Crippen LogP contribution is 2.16. The van der Waals surface area contributed by atoms with Gasteiger partial charge in [0.2, 0.25) is 5.22 Å². The van der Waals surface area contributed by atoms with Gasteiger partial charge in [-0.3, -0.25) is 9.59 Å². The number of aliphatic carboxylic acids is 1. The van der Waals surface area contributed by atoms with Crippen molar-refractivity contribution < 1.29 is 28.6 Å². The lowest BCUT2D eigenvalue weighted by molar-refractivity contribution is -0.142. The Labute approximate surface area is 113 Å². The van der Waals surface area contributed by atoms with Gasteiger partial charge in [-0.15, -0.1) is 0 Å². The van der Waals surface area contributed by atoms with Crippen LogP contribution in [-0.4, -0.2) is 36.1 Å². The normalized spacial score (nSPS) is 11.7. The standard InChI is InChI=1S/C11H12ClNO6/c1-18-8(14)3-2-7(11(16)17)13-10(15)6-4-5-19-9(6)12/h4-5,7H,2-3H2,1H3,(H,13,15)(H,16,17)/t7-/m0/s1. The average Bonchev–Trinajstić information content (AvgIpc) is 2.79. The highest BCUT2D eigenvalue weighted by molar-refractivity contribution is 6.32. The fraction of sp³-hybridized carbons (Fsp3) is 0.364. The van der Waals surface area contributed by atoms with Gasteiger partial charge in [0.15, 0.2) is 0 Å². The molecule has 0 aliphatic rings. The molecule has 1 amide bonds. The van der Waals surface area contributed by atoms with Crippen LogP contribution in [-0.2, 0) is 14.3 Å². The van der Waals surface area contributed by atoms with Crippen molar-refractivity contribution in [1.82, 2.24) is 5.32 Å². The second kappa shape index (κ2) is 6.79. The van der Waals surface area contributed by atoms with Crippen LogP contribution in [0.2, 0.25) is 5.22 Å². The predicted molar refractivity (Wildman–Crippen MR) is 63.9 cm³/mol. The molecule has 0 bridgehead atoms. The van der Waals surface area contributed by atoms with Crippen LogP contribution in [0.25, 0.3) is 0 Å². The molecule has 1 aromatic heterocycles. The Balaban J connectivity index is 2.64. The molecule has 0 aliphatic carbocycles. The van der Waals surface area contributed by atoms with E-state index in [4.69, 9.17) is 21.1 Å². The Morgan fingerprint density at radius 3 is 2.68 bits per heavy atom. The Hall–Kier alpha value is -2.02. The molecule has 8 heteroatoms. The summed E-state index contributed by atoms with van der Waals surface area (Å²) in [6, 6.07) is 0.106. The van der Waals surface area contributed by atoms with Crippen molar-refractivity contribution in [3.63, 3.8) is 0 Å². The topological polar surface area (TPSA) is 106 Å². The Morgan fingerprint density at radius 2 is 2.21 bits per heavy atom. The molecular weight excluding hydrogens is 278 g/mol. The number of carboxylic acids is 1. The monoisotopic (exact) mass is 289 g/mol. The number of methoxy groups -OCH3 is 1. The zero-order valence-electron chi connectivity index (χ0n) is 10.0.